The molecule has 1 aliphatic heterocycles. The van der Waals surface area contributed by atoms with Crippen LogP contribution in [0.5, 0.6) is 0 Å². The van der Waals surface area contributed by atoms with Crippen molar-refractivity contribution in [1.82, 2.24) is 15.2 Å². The summed E-state index contributed by atoms with van der Waals surface area (Å²) in [7, 11) is 0. The van der Waals surface area contributed by atoms with Crippen LogP contribution in [0.4, 0.5) is 0 Å². The van der Waals surface area contributed by atoms with Crippen LogP contribution in [0.3, 0.4) is 0 Å². The Morgan fingerprint density at radius 1 is 1.38 bits per heavy atom. The second kappa shape index (κ2) is 5.75. The summed E-state index contributed by atoms with van der Waals surface area (Å²) in [6.45, 7) is 10.2. The number of nitrogens with one attached hydrogen (secondary N) is 1. The molecule has 2 rings (SSSR count). The number of piperazine rings is 1. The largest absolute Gasteiger partial charge is 0.342 e. The van der Waals surface area contributed by atoms with Gasteiger partial charge in [-0.25, -0.2) is 4.98 Å². The standard InChI is InChI=1S/C15H23N3O2S/c1-6-10-13(19)17-12(15(3,4)5)14(20)18(10)7-11-9(2)16-8-21-11/h8,10,12H,6-7H2,1-5H3,(H,17,19). The van der Waals surface area contributed by atoms with E-state index in [1.165, 1.54) is 11.3 Å². The third-order valence-electron chi connectivity index (χ3n) is 3.91. The fraction of sp³-hybridized carbons (Fsp3) is 0.667. The maximum Gasteiger partial charge on any atom is 0.246 e. The number of aryl methyl sites for hydroxylation is 1. The van der Waals surface area contributed by atoms with Gasteiger partial charge in [-0.1, -0.05) is 27.7 Å². The van der Waals surface area contributed by atoms with Crippen molar-refractivity contribution in [2.75, 3.05) is 0 Å². The van der Waals surface area contributed by atoms with Crippen molar-refractivity contribution in [3.8, 4) is 0 Å². The number of thiazole rings is 1. The highest BCUT2D eigenvalue weighted by atomic mass is 32.1. The van der Waals surface area contributed by atoms with Crippen molar-refractivity contribution in [3.05, 3.63) is 16.1 Å². The van der Waals surface area contributed by atoms with E-state index >= 15 is 0 Å². The molecule has 1 aromatic heterocycles. The highest BCUT2D eigenvalue weighted by molar-refractivity contribution is 7.09. The van der Waals surface area contributed by atoms with E-state index in [9.17, 15) is 9.59 Å². The van der Waals surface area contributed by atoms with Gasteiger partial charge in [-0.2, -0.15) is 0 Å². The molecule has 0 radical (unpaired) electrons. The van der Waals surface area contributed by atoms with Gasteiger partial charge in [0, 0.05) is 4.88 Å². The Kier molecular flexibility index (Phi) is 4.37. The van der Waals surface area contributed by atoms with E-state index in [-0.39, 0.29) is 17.2 Å². The summed E-state index contributed by atoms with van der Waals surface area (Å²) >= 11 is 1.53. The molecule has 1 aromatic rings. The second-order valence-electron chi connectivity index (χ2n) is 6.56. The van der Waals surface area contributed by atoms with Crippen LogP contribution in [0.15, 0.2) is 5.51 Å². The average Bonchev–Trinajstić information content (AvgIpc) is 2.78. The van der Waals surface area contributed by atoms with Crippen molar-refractivity contribution in [1.29, 1.82) is 0 Å². The highest BCUT2D eigenvalue weighted by Gasteiger charge is 2.44. The minimum Gasteiger partial charge on any atom is -0.342 e. The van der Waals surface area contributed by atoms with Crippen LogP contribution in [0.25, 0.3) is 0 Å². The molecule has 2 unspecified atom stereocenters. The fourth-order valence-corrected chi connectivity index (χ4v) is 3.35. The molecule has 2 amide bonds. The molecule has 5 nitrogen and oxygen atoms in total. The van der Waals surface area contributed by atoms with Gasteiger partial charge >= 0.3 is 0 Å². The molecule has 0 spiro atoms. The monoisotopic (exact) mass is 309 g/mol. The molecule has 2 heterocycles. The Labute approximate surface area is 129 Å². The minimum absolute atomic E-state index is 0.00162. The van der Waals surface area contributed by atoms with Gasteiger partial charge in [-0.3, -0.25) is 9.59 Å². The molecular formula is C15H23N3O2S. The normalized spacial score (nSPS) is 23.4. The van der Waals surface area contributed by atoms with Gasteiger partial charge in [0.1, 0.15) is 12.1 Å². The number of aromatic nitrogens is 1. The molecular weight excluding hydrogens is 286 g/mol. The number of hydrogen-bond acceptors (Lipinski definition) is 4. The lowest BCUT2D eigenvalue weighted by atomic mass is 9.83. The maximum atomic E-state index is 12.8. The van der Waals surface area contributed by atoms with Crippen LogP contribution >= 0.6 is 11.3 Å². The smallest absolute Gasteiger partial charge is 0.246 e. The lowest BCUT2D eigenvalue weighted by Gasteiger charge is -2.43. The van der Waals surface area contributed by atoms with Crippen LogP contribution in [-0.2, 0) is 16.1 Å². The van der Waals surface area contributed by atoms with Crippen LogP contribution in [0, 0.1) is 12.3 Å². The third-order valence-corrected chi connectivity index (χ3v) is 4.83. The molecule has 0 aliphatic carbocycles. The molecule has 21 heavy (non-hydrogen) atoms. The lowest BCUT2D eigenvalue weighted by molar-refractivity contribution is -0.153. The van der Waals surface area contributed by atoms with Crippen molar-refractivity contribution in [2.24, 2.45) is 5.41 Å². The Bertz CT molecular complexity index is 547. The number of hydrogen-bond donors (Lipinski definition) is 1. The van der Waals surface area contributed by atoms with Crippen LogP contribution in [0.2, 0.25) is 0 Å². The number of carbonyl (C=O) groups is 2. The Hall–Kier alpha value is -1.43. The lowest BCUT2D eigenvalue weighted by Crippen LogP contribution is -2.66. The molecule has 1 aliphatic rings. The number of amides is 2. The van der Waals surface area contributed by atoms with E-state index in [0.29, 0.717) is 13.0 Å². The van der Waals surface area contributed by atoms with Crippen molar-refractivity contribution in [3.63, 3.8) is 0 Å². The van der Waals surface area contributed by atoms with Crippen molar-refractivity contribution in [2.45, 2.75) is 59.7 Å². The van der Waals surface area contributed by atoms with Crippen LogP contribution in [-0.4, -0.2) is 33.8 Å². The van der Waals surface area contributed by atoms with Gasteiger partial charge in [-0.05, 0) is 18.8 Å². The Morgan fingerprint density at radius 3 is 2.52 bits per heavy atom. The molecule has 2 atom stereocenters. The van der Waals surface area contributed by atoms with Gasteiger partial charge in [0.15, 0.2) is 0 Å². The molecule has 0 aromatic carbocycles. The van der Waals surface area contributed by atoms with Crippen molar-refractivity contribution >= 4 is 23.2 Å². The van der Waals surface area contributed by atoms with Gasteiger partial charge in [0.2, 0.25) is 11.8 Å². The van der Waals surface area contributed by atoms with Crippen LogP contribution < -0.4 is 5.32 Å². The summed E-state index contributed by atoms with van der Waals surface area (Å²) in [5, 5.41) is 2.89. The number of nitrogens with zero attached hydrogens (tertiary/aromatic N) is 2. The minimum atomic E-state index is -0.471. The predicted molar refractivity (Wildman–Crippen MR) is 82.9 cm³/mol. The molecule has 0 bridgehead atoms. The van der Waals surface area contributed by atoms with E-state index < -0.39 is 12.1 Å². The summed E-state index contributed by atoms with van der Waals surface area (Å²) in [4.78, 5) is 32.1. The van der Waals surface area contributed by atoms with Crippen molar-refractivity contribution < 1.29 is 9.59 Å². The first-order valence-corrected chi connectivity index (χ1v) is 8.13. The number of carbonyl (C=O) groups excluding carboxylic acids is 2. The summed E-state index contributed by atoms with van der Waals surface area (Å²) in [5.74, 6) is -0.0547. The highest BCUT2D eigenvalue weighted by Crippen LogP contribution is 2.28. The fourth-order valence-electron chi connectivity index (χ4n) is 2.57. The van der Waals surface area contributed by atoms with E-state index in [1.807, 2.05) is 34.6 Å². The Morgan fingerprint density at radius 2 is 2.05 bits per heavy atom. The first-order chi connectivity index (χ1) is 9.75. The van der Waals surface area contributed by atoms with E-state index in [2.05, 4.69) is 10.3 Å². The maximum absolute atomic E-state index is 12.8. The first-order valence-electron chi connectivity index (χ1n) is 7.25. The molecule has 116 valence electrons. The van der Waals surface area contributed by atoms with Gasteiger partial charge in [-0.15, -0.1) is 11.3 Å². The molecule has 1 saturated heterocycles. The zero-order chi connectivity index (χ0) is 15.8. The first kappa shape index (κ1) is 15.9. The van der Waals surface area contributed by atoms with E-state index in [0.717, 1.165) is 10.6 Å². The summed E-state index contributed by atoms with van der Waals surface area (Å²) in [6, 6.07) is -0.862. The average molecular weight is 309 g/mol. The van der Waals surface area contributed by atoms with E-state index in [4.69, 9.17) is 0 Å². The summed E-state index contributed by atoms with van der Waals surface area (Å²) in [6.07, 6.45) is 0.617. The molecule has 1 N–H and O–H groups in total. The SMILES string of the molecule is CCC1C(=O)NC(C(C)(C)C)C(=O)N1Cc1scnc1C. The van der Waals surface area contributed by atoms with E-state index in [1.54, 1.807) is 10.4 Å². The predicted octanol–water partition coefficient (Wildman–Crippen LogP) is 2.10. The summed E-state index contributed by atoms with van der Waals surface area (Å²) < 4.78 is 0. The van der Waals surface area contributed by atoms with Gasteiger partial charge < -0.3 is 10.2 Å². The molecule has 1 fully saturated rings. The zero-order valence-electron chi connectivity index (χ0n) is 13.3. The van der Waals surface area contributed by atoms with Crippen LogP contribution in [0.1, 0.15) is 44.7 Å². The summed E-state index contributed by atoms with van der Waals surface area (Å²) in [5.41, 5.74) is 2.41. The molecule has 6 heteroatoms. The van der Waals surface area contributed by atoms with Gasteiger partial charge in [0.25, 0.3) is 0 Å². The zero-order valence-corrected chi connectivity index (χ0v) is 14.1. The second-order valence-corrected chi connectivity index (χ2v) is 7.50. The quantitative estimate of drug-likeness (QED) is 0.930. The Balaban J connectivity index is 2.31. The third kappa shape index (κ3) is 3.10. The number of rotatable bonds is 3. The molecule has 0 saturated carbocycles. The topological polar surface area (TPSA) is 62.3 Å². The van der Waals surface area contributed by atoms with Gasteiger partial charge in [0.05, 0.1) is 17.7 Å².